The molecule has 1 N–H and O–H groups in total. The Labute approximate surface area is 141 Å². The first kappa shape index (κ1) is 25.8. The van der Waals surface area contributed by atoms with Gasteiger partial charge in [-0.2, -0.15) is 20.5 Å². The van der Waals surface area contributed by atoms with Crippen molar-refractivity contribution < 1.29 is 5.11 Å². The summed E-state index contributed by atoms with van der Waals surface area (Å²) in [5.74, 6) is 0. The van der Waals surface area contributed by atoms with E-state index >= 15 is 0 Å². The van der Waals surface area contributed by atoms with Crippen LogP contribution < -0.4 is 0 Å². The lowest BCUT2D eigenvalue weighted by molar-refractivity contribution is 0.399. The van der Waals surface area contributed by atoms with Crippen LogP contribution in [0.15, 0.2) is 69.0 Å². The summed E-state index contributed by atoms with van der Waals surface area (Å²) >= 11 is 0. The molecule has 23 heavy (non-hydrogen) atoms. The molecule has 0 spiro atoms. The predicted octanol–water partition coefficient (Wildman–Crippen LogP) is 5.61. The van der Waals surface area contributed by atoms with Crippen molar-refractivity contribution in [2.24, 2.45) is 20.5 Å². The summed E-state index contributed by atoms with van der Waals surface area (Å²) in [6.45, 7) is 8.35. The van der Waals surface area contributed by atoms with Gasteiger partial charge >= 0.3 is 0 Å². The molecule has 2 rings (SSSR count). The fraction of sp³-hybridized carbons (Fsp3) is 0.444. The van der Waals surface area contributed by atoms with Gasteiger partial charge in [-0.3, -0.25) is 0 Å². The second-order valence-electron chi connectivity index (χ2n) is 3.17. The SMILES string of the molecule is CC.CC.CN=NCN=NC.CO.c1ccc2ccccc2c1. The van der Waals surface area contributed by atoms with Crippen molar-refractivity contribution in [3.05, 3.63) is 48.5 Å². The Morgan fingerprint density at radius 2 is 0.913 bits per heavy atom. The molecule has 0 saturated heterocycles. The highest BCUT2D eigenvalue weighted by atomic mass is 16.2. The highest BCUT2D eigenvalue weighted by Crippen LogP contribution is 2.11. The van der Waals surface area contributed by atoms with E-state index in [1.54, 1.807) is 14.1 Å². The van der Waals surface area contributed by atoms with Crippen molar-refractivity contribution >= 4 is 10.8 Å². The molecular weight excluding hydrogens is 288 g/mol. The van der Waals surface area contributed by atoms with E-state index in [4.69, 9.17) is 5.11 Å². The van der Waals surface area contributed by atoms with Crippen molar-refractivity contribution in [2.45, 2.75) is 27.7 Å². The van der Waals surface area contributed by atoms with Crippen molar-refractivity contribution in [2.75, 3.05) is 27.9 Å². The Bertz CT molecular complexity index is 424. The van der Waals surface area contributed by atoms with Gasteiger partial charge in [0.15, 0.2) is 6.67 Å². The van der Waals surface area contributed by atoms with E-state index < -0.39 is 0 Å². The lowest BCUT2D eigenvalue weighted by atomic mass is 10.1. The third-order valence-electron chi connectivity index (χ3n) is 2.07. The van der Waals surface area contributed by atoms with Gasteiger partial charge in [0.05, 0.1) is 0 Å². The fourth-order valence-corrected chi connectivity index (χ4v) is 1.29. The maximum atomic E-state index is 7.00. The summed E-state index contributed by atoms with van der Waals surface area (Å²) in [6.07, 6.45) is 0. The summed E-state index contributed by atoms with van der Waals surface area (Å²) < 4.78 is 0. The number of azo groups is 2. The highest BCUT2D eigenvalue weighted by Gasteiger charge is 1.85. The van der Waals surface area contributed by atoms with E-state index in [9.17, 15) is 0 Å². The molecule has 0 atom stereocenters. The number of hydrogen-bond donors (Lipinski definition) is 1. The summed E-state index contributed by atoms with van der Waals surface area (Å²) in [7, 11) is 4.20. The summed E-state index contributed by atoms with van der Waals surface area (Å²) in [5, 5.41) is 23.6. The standard InChI is InChI=1S/C10H8.C3H8N4.2C2H6.CH4O/c1-2-6-10-8-4-3-7-9(10)5-1;1-4-6-3-7-5-2;3*1-2/h1-8H;3H2,1-2H3;2*1-2H3;2H,1H3. The van der Waals surface area contributed by atoms with Crippen LogP contribution in [-0.2, 0) is 0 Å². The van der Waals surface area contributed by atoms with Gasteiger partial charge in [0, 0.05) is 21.2 Å². The van der Waals surface area contributed by atoms with E-state index in [0.717, 1.165) is 7.11 Å². The maximum Gasteiger partial charge on any atom is 0.170 e. The zero-order chi connectivity index (χ0) is 18.3. The smallest absolute Gasteiger partial charge is 0.170 e. The van der Waals surface area contributed by atoms with Gasteiger partial charge in [0.1, 0.15) is 0 Å². The van der Waals surface area contributed by atoms with Gasteiger partial charge in [-0.05, 0) is 10.8 Å². The second-order valence-corrected chi connectivity index (χ2v) is 3.17. The molecule has 130 valence electrons. The third-order valence-corrected chi connectivity index (χ3v) is 2.07. The van der Waals surface area contributed by atoms with Crippen molar-refractivity contribution in [1.82, 2.24) is 0 Å². The number of rotatable bonds is 2. The average molecular weight is 320 g/mol. The van der Waals surface area contributed by atoms with E-state index in [-0.39, 0.29) is 0 Å². The minimum Gasteiger partial charge on any atom is -0.400 e. The van der Waals surface area contributed by atoms with Crippen LogP contribution >= 0.6 is 0 Å². The highest BCUT2D eigenvalue weighted by molar-refractivity contribution is 5.81. The molecule has 0 aliphatic rings. The summed E-state index contributed by atoms with van der Waals surface area (Å²) in [4.78, 5) is 0. The number of fused-ring (bicyclic) bond motifs is 1. The molecule has 0 aliphatic carbocycles. The third kappa shape index (κ3) is 16.1. The van der Waals surface area contributed by atoms with E-state index in [0.29, 0.717) is 6.67 Å². The van der Waals surface area contributed by atoms with E-state index in [1.165, 1.54) is 10.8 Å². The monoisotopic (exact) mass is 320 g/mol. The molecule has 2 aromatic carbocycles. The fourth-order valence-electron chi connectivity index (χ4n) is 1.29. The van der Waals surface area contributed by atoms with Gasteiger partial charge in [0.2, 0.25) is 0 Å². The van der Waals surface area contributed by atoms with Crippen LogP contribution in [0.4, 0.5) is 0 Å². The lowest BCUT2D eigenvalue weighted by Gasteiger charge is -1.92. The van der Waals surface area contributed by atoms with Crippen LogP contribution in [0, 0.1) is 0 Å². The quantitative estimate of drug-likeness (QED) is 0.718. The zero-order valence-corrected chi connectivity index (χ0v) is 15.6. The summed E-state index contributed by atoms with van der Waals surface area (Å²) in [6, 6.07) is 16.7. The topological polar surface area (TPSA) is 69.7 Å². The molecular formula is C18H32N4O. The molecule has 0 heterocycles. The van der Waals surface area contributed by atoms with Crippen LogP contribution in [0.1, 0.15) is 27.7 Å². The van der Waals surface area contributed by atoms with E-state index in [2.05, 4.69) is 69.0 Å². The van der Waals surface area contributed by atoms with E-state index in [1.807, 2.05) is 27.7 Å². The van der Waals surface area contributed by atoms with Crippen molar-refractivity contribution in [3.8, 4) is 0 Å². The largest absolute Gasteiger partial charge is 0.400 e. The molecule has 0 unspecified atom stereocenters. The first-order valence-electron chi connectivity index (χ1n) is 7.78. The Kier molecular flexibility index (Phi) is 27.9. The molecule has 0 aliphatic heterocycles. The second kappa shape index (κ2) is 24.9. The Hall–Kier alpha value is -2.14. The predicted molar refractivity (Wildman–Crippen MR) is 101 cm³/mol. The van der Waals surface area contributed by atoms with Crippen LogP contribution in [0.2, 0.25) is 0 Å². The molecule has 0 saturated carbocycles. The number of benzene rings is 2. The van der Waals surface area contributed by atoms with Crippen LogP contribution in [-0.4, -0.2) is 33.0 Å². The first-order chi connectivity index (χ1) is 11.4. The normalized spacial score (nSPS) is 8.70. The molecule has 5 heteroatoms. The van der Waals surface area contributed by atoms with Gasteiger partial charge in [-0.15, -0.1) is 0 Å². The number of nitrogens with zero attached hydrogens (tertiary/aromatic N) is 4. The Morgan fingerprint density at radius 3 is 1.13 bits per heavy atom. The molecule has 5 nitrogen and oxygen atoms in total. The van der Waals surface area contributed by atoms with Crippen molar-refractivity contribution in [1.29, 1.82) is 0 Å². The van der Waals surface area contributed by atoms with Gasteiger partial charge in [-0.25, -0.2) is 0 Å². The Morgan fingerprint density at radius 1 is 0.652 bits per heavy atom. The molecule has 0 amide bonds. The van der Waals surface area contributed by atoms with Crippen LogP contribution in [0.5, 0.6) is 0 Å². The average Bonchev–Trinajstić information content (AvgIpc) is 2.68. The molecule has 0 fully saturated rings. The van der Waals surface area contributed by atoms with Gasteiger partial charge < -0.3 is 5.11 Å². The minimum absolute atomic E-state index is 0.354. The lowest BCUT2D eigenvalue weighted by Crippen LogP contribution is -1.67. The van der Waals surface area contributed by atoms with Gasteiger partial charge in [0.25, 0.3) is 0 Å². The van der Waals surface area contributed by atoms with Crippen LogP contribution in [0.3, 0.4) is 0 Å². The minimum atomic E-state index is 0.354. The van der Waals surface area contributed by atoms with Crippen LogP contribution in [0.25, 0.3) is 10.8 Å². The number of aliphatic hydroxyl groups is 1. The first-order valence-corrected chi connectivity index (χ1v) is 7.78. The number of aliphatic hydroxyl groups excluding tert-OH is 1. The van der Waals surface area contributed by atoms with Crippen molar-refractivity contribution in [3.63, 3.8) is 0 Å². The molecule has 0 aromatic heterocycles. The molecule has 2 aromatic rings. The maximum absolute atomic E-state index is 7.00. The molecule has 0 radical (unpaired) electrons. The molecule has 0 bridgehead atoms. The Balaban J connectivity index is -0.000000273. The number of hydrogen-bond acceptors (Lipinski definition) is 5. The zero-order valence-electron chi connectivity index (χ0n) is 15.6. The summed E-state index contributed by atoms with van der Waals surface area (Å²) in [5.41, 5.74) is 0. The van der Waals surface area contributed by atoms with Gasteiger partial charge in [-0.1, -0.05) is 76.2 Å².